The van der Waals surface area contributed by atoms with Gasteiger partial charge >= 0.3 is 0 Å². The third-order valence-electron chi connectivity index (χ3n) is 5.99. The minimum Gasteiger partial charge on any atom is -0.493 e. The van der Waals surface area contributed by atoms with Gasteiger partial charge in [0.05, 0.1) is 20.3 Å². The first-order chi connectivity index (χ1) is 15.2. The number of benzene rings is 1. The van der Waals surface area contributed by atoms with Gasteiger partial charge in [0.1, 0.15) is 0 Å². The van der Waals surface area contributed by atoms with E-state index in [1.54, 1.807) is 25.6 Å². The van der Waals surface area contributed by atoms with Gasteiger partial charge in [-0.3, -0.25) is 4.79 Å². The molecule has 8 heteroatoms. The Balaban J connectivity index is 1.40. The average molecular weight is 440 g/mol. The normalized spacial score (nSPS) is 18.0. The van der Waals surface area contributed by atoms with Gasteiger partial charge in [-0.05, 0) is 54.0 Å². The van der Waals surface area contributed by atoms with Gasteiger partial charge in [0.15, 0.2) is 17.3 Å². The number of rotatable bonds is 7. The molecule has 1 saturated carbocycles. The maximum atomic E-state index is 13.3. The third kappa shape index (κ3) is 3.92. The number of hydrogen-bond donors (Lipinski definition) is 0. The lowest BCUT2D eigenvalue weighted by Gasteiger charge is -2.37. The maximum Gasteiger partial charge on any atom is 0.227 e. The Labute approximate surface area is 185 Å². The number of aryl methyl sites for hydroxylation is 1. The van der Waals surface area contributed by atoms with Gasteiger partial charge in [0.2, 0.25) is 11.8 Å². The molecule has 3 heterocycles. The predicted octanol–water partition coefficient (Wildman–Crippen LogP) is 4.13. The molecule has 2 aromatic heterocycles. The Morgan fingerprint density at radius 2 is 2.06 bits per heavy atom. The number of hydrogen-bond acceptors (Lipinski definition) is 7. The molecule has 3 aromatic rings. The zero-order valence-corrected chi connectivity index (χ0v) is 18.5. The highest BCUT2D eigenvalue weighted by molar-refractivity contribution is 7.10. The molecule has 1 amide bonds. The number of amides is 1. The Bertz CT molecular complexity index is 1070. The molecule has 1 aliphatic carbocycles. The van der Waals surface area contributed by atoms with Crippen LogP contribution in [0.25, 0.3) is 0 Å². The molecule has 1 atom stereocenters. The summed E-state index contributed by atoms with van der Waals surface area (Å²) >= 11 is 1.66. The summed E-state index contributed by atoms with van der Waals surface area (Å²) in [5.74, 6) is 3.26. The SMILES string of the molecule is COc1cc2c(cc1OC)[C@@H](c1cccs1)N(C(=O)CCc1nc(C3CC3)no1)CC2. The first-order valence-electron chi connectivity index (χ1n) is 10.6. The molecule has 0 saturated heterocycles. The summed E-state index contributed by atoms with van der Waals surface area (Å²) in [6.45, 7) is 0.654. The summed E-state index contributed by atoms with van der Waals surface area (Å²) in [6, 6.07) is 8.02. The van der Waals surface area contributed by atoms with Crippen LogP contribution in [0, 0.1) is 0 Å². The van der Waals surface area contributed by atoms with Gasteiger partial charge in [-0.15, -0.1) is 11.3 Å². The van der Waals surface area contributed by atoms with E-state index in [9.17, 15) is 4.79 Å². The van der Waals surface area contributed by atoms with Crippen LogP contribution in [0.15, 0.2) is 34.2 Å². The van der Waals surface area contributed by atoms with E-state index in [2.05, 4.69) is 16.2 Å². The standard InChI is InChI=1S/C23H25N3O4S/c1-28-17-12-15-9-10-26(21(27)8-7-20-24-23(25-30-20)14-5-6-14)22(19-4-3-11-31-19)16(15)13-18(17)29-2/h3-4,11-14,22H,5-10H2,1-2H3/t22-/m0/s1. The van der Waals surface area contributed by atoms with E-state index in [0.29, 0.717) is 42.7 Å². The van der Waals surface area contributed by atoms with E-state index < -0.39 is 0 Å². The second kappa shape index (κ2) is 8.34. The first kappa shape index (κ1) is 20.1. The Hall–Kier alpha value is -2.87. The molecule has 7 nitrogen and oxygen atoms in total. The fraction of sp³-hybridized carbons (Fsp3) is 0.435. The van der Waals surface area contributed by atoms with Crippen molar-refractivity contribution in [1.82, 2.24) is 15.0 Å². The van der Waals surface area contributed by atoms with Crippen molar-refractivity contribution in [2.75, 3.05) is 20.8 Å². The number of aromatic nitrogens is 2. The van der Waals surface area contributed by atoms with Crippen molar-refractivity contribution in [3.8, 4) is 11.5 Å². The minimum atomic E-state index is -0.138. The second-order valence-corrected chi connectivity index (χ2v) is 8.96. The number of carbonyl (C=O) groups excluding carboxylic acids is 1. The van der Waals surface area contributed by atoms with Crippen LogP contribution >= 0.6 is 11.3 Å². The summed E-state index contributed by atoms with van der Waals surface area (Å²) in [7, 11) is 3.28. The number of carbonyl (C=O) groups is 1. The molecule has 2 aliphatic rings. The van der Waals surface area contributed by atoms with Crippen LogP contribution in [0.4, 0.5) is 0 Å². The van der Waals surface area contributed by atoms with E-state index in [-0.39, 0.29) is 11.9 Å². The second-order valence-electron chi connectivity index (χ2n) is 7.98. The Morgan fingerprint density at radius 3 is 2.77 bits per heavy atom. The number of ether oxygens (including phenoxy) is 2. The molecule has 1 aromatic carbocycles. The van der Waals surface area contributed by atoms with Gasteiger partial charge < -0.3 is 18.9 Å². The van der Waals surface area contributed by atoms with Gasteiger partial charge in [0.25, 0.3) is 0 Å². The predicted molar refractivity (Wildman–Crippen MR) is 116 cm³/mol. The van der Waals surface area contributed by atoms with Crippen LogP contribution in [0.3, 0.4) is 0 Å². The van der Waals surface area contributed by atoms with Crippen molar-refractivity contribution >= 4 is 17.2 Å². The van der Waals surface area contributed by atoms with E-state index in [0.717, 1.165) is 35.5 Å². The van der Waals surface area contributed by atoms with Crippen molar-refractivity contribution in [2.24, 2.45) is 0 Å². The third-order valence-corrected chi connectivity index (χ3v) is 6.91. The lowest BCUT2D eigenvalue weighted by Crippen LogP contribution is -2.40. The van der Waals surface area contributed by atoms with E-state index in [4.69, 9.17) is 14.0 Å². The Morgan fingerprint density at radius 1 is 1.26 bits per heavy atom. The number of nitrogens with zero attached hydrogens (tertiary/aromatic N) is 3. The van der Waals surface area contributed by atoms with Gasteiger partial charge in [-0.25, -0.2) is 0 Å². The van der Waals surface area contributed by atoms with Crippen LogP contribution in [0.2, 0.25) is 0 Å². The van der Waals surface area contributed by atoms with Crippen LogP contribution in [0.5, 0.6) is 11.5 Å². The van der Waals surface area contributed by atoms with Crippen LogP contribution in [0.1, 0.15) is 58.9 Å². The van der Waals surface area contributed by atoms with Crippen molar-refractivity contribution in [2.45, 2.75) is 44.1 Å². The fourth-order valence-corrected chi connectivity index (χ4v) is 5.06. The first-order valence-corrected chi connectivity index (χ1v) is 11.5. The van der Waals surface area contributed by atoms with Crippen LogP contribution in [-0.2, 0) is 17.6 Å². The number of methoxy groups -OCH3 is 2. The van der Waals surface area contributed by atoms with Gasteiger partial charge in [-0.1, -0.05) is 11.2 Å². The van der Waals surface area contributed by atoms with Crippen molar-refractivity contribution in [3.05, 3.63) is 57.4 Å². The molecule has 0 radical (unpaired) electrons. The molecule has 0 bridgehead atoms. The van der Waals surface area contributed by atoms with Crippen LogP contribution < -0.4 is 9.47 Å². The molecular formula is C23H25N3O4S. The quantitative estimate of drug-likeness (QED) is 0.551. The molecule has 1 aliphatic heterocycles. The van der Waals surface area contributed by atoms with Gasteiger partial charge in [0, 0.05) is 30.2 Å². The molecule has 31 heavy (non-hydrogen) atoms. The average Bonchev–Trinajstić information content (AvgIpc) is 3.30. The number of thiophene rings is 1. The summed E-state index contributed by atoms with van der Waals surface area (Å²) in [6.07, 6.45) is 3.83. The molecule has 5 rings (SSSR count). The van der Waals surface area contributed by atoms with Crippen molar-refractivity contribution in [1.29, 1.82) is 0 Å². The van der Waals surface area contributed by atoms with E-state index >= 15 is 0 Å². The molecule has 1 fully saturated rings. The monoisotopic (exact) mass is 439 g/mol. The van der Waals surface area contributed by atoms with Crippen molar-refractivity contribution < 1.29 is 18.8 Å². The molecular weight excluding hydrogens is 414 g/mol. The molecule has 162 valence electrons. The summed E-state index contributed by atoms with van der Waals surface area (Å²) in [5.41, 5.74) is 2.28. The molecule has 0 unspecified atom stereocenters. The number of fused-ring (bicyclic) bond motifs is 1. The lowest BCUT2D eigenvalue weighted by molar-refractivity contribution is -0.133. The summed E-state index contributed by atoms with van der Waals surface area (Å²) in [5, 5.41) is 6.10. The Kier molecular flexibility index (Phi) is 5.40. The minimum absolute atomic E-state index is 0.0880. The lowest BCUT2D eigenvalue weighted by atomic mass is 9.90. The summed E-state index contributed by atoms with van der Waals surface area (Å²) < 4.78 is 16.4. The topological polar surface area (TPSA) is 77.7 Å². The zero-order chi connectivity index (χ0) is 21.4. The van der Waals surface area contributed by atoms with E-state index in [1.807, 2.05) is 28.5 Å². The summed E-state index contributed by atoms with van der Waals surface area (Å²) in [4.78, 5) is 20.9. The van der Waals surface area contributed by atoms with Gasteiger partial charge in [-0.2, -0.15) is 4.98 Å². The van der Waals surface area contributed by atoms with Crippen LogP contribution in [-0.4, -0.2) is 41.7 Å². The highest BCUT2D eigenvalue weighted by atomic mass is 32.1. The molecule has 0 spiro atoms. The largest absolute Gasteiger partial charge is 0.493 e. The maximum absolute atomic E-state index is 13.3. The van der Waals surface area contributed by atoms with E-state index in [1.165, 1.54) is 5.56 Å². The fourth-order valence-electron chi connectivity index (χ4n) is 4.20. The molecule has 0 N–H and O–H groups in total. The zero-order valence-electron chi connectivity index (χ0n) is 17.7. The smallest absolute Gasteiger partial charge is 0.227 e. The highest BCUT2D eigenvalue weighted by Crippen LogP contribution is 2.42. The van der Waals surface area contributed by atoms with Crippen molar-refractivity contribution in [3.63, 3.8) is 0 Å². The highest BCUT2D eigenvalue weighted by Gasteiger charge is 2.34.